The smallest absolute Gasteiger partial charge is 0.253 e. The molecule has 4 nitrogen and oxygen atoms in total. The Morgan fingerprint density at radius 1 is 1.04 bits per heavy atom. The molecule has 0 aliphatic heterocycles. The molecule has 3 aromatic rings. The second kappa shape index (κ2) is 7.13. The van der Waals surface area contributed by atoms with Crippen molar-refractivity contribution in [3.8, 4) is 0 Å². The van der Waals surface area contributed by atoms with Gasteiger partial charge in [-0.25, -0.2) is 4.98 Å². The molecule has 0 N–H and O–H groups in total. The van der Waals surface area contributed by atoms with Crippen molar-refractivity contribution in [3.05, 3.63) is 89.5 Å². The van der Waals surface area contributed by atoms with Crippen LogP contribution in [0.5, 0.6) is 0 Å². The molecule has 1 aromatic heterocycles. The molecule has 0 atom stereocenters. The van der Waals surface area contributed by atoms with Crippen LogP contribution in [0.15, 0.2) is 67.0 Å². The highest BCUT2D eigenvalue weighted by molar-refractivity contribution is 5.94. The third-order valence-corrected chi connectivity index (χ3v) is 4.09. The second-order valence-corrected chi connectivity index (χ2v) is 5.95. The minimum atomic E-state index is 0.0317. The van der Waals surface area contributed by atoms with Gasteiger partial charge >= 0.3 is 0 Å². The summed E-state index contributed by atoms with van der Waals surface area (Å²) in [5.74, 6) is 1.02. The molecule has 1 heterocycles. The van der Waals surface area contributed by atoms with Crippen molar-refractivity contribution in [1.82, 2.24) is 14.5 Å². The summed E-state index contributed by atoms with van der Waals surface area (Å²) in [6, 6.07) is 17.8. The summed E-state index contributed by atoms with van der Waals surface area (Å²) in [6.07, 6.45) is 3.76. The summed E-state index contributed by atoms with van der Waals surface area (Å²) in [4.78, 5) is 18.5. The average molecular weight is 319 g/mol. The van der Waals surface area contributed by atoms with Gasteiger partial charge in [-0.3, -0.25) is 4.79 Å². The number of imidazole rings is 1. The lowest BCUT2D eigenvalue weighted by Gasteiger charge is -2.17. The van der Waals surface area contributed by atoms with Crippen LogP contribution < -0.4 is 0 Å². The number of benzene rings is 2. The summed E-state index contributed by atoms with van der Waals surface area (Å²) in [7, 11) is 1.83. The molecule has 24 heavy (non-hydrogen) atoms. The number of hydrogen-bond donors (Lipinski definition) is 0. The lowest BCUT2D eigenvalue weighted by molar-refractivity contribution is 0.0785. The number of amides is 1. The van der Waals surface area contributed by atoms with Gasteiger partial charge in [0.2, 0.25) is 0 Å². The molecule has 2 aromatic carbocycles. The van der Waals surface area contributed by atoms with Crippen LogP contribution in [0.4, 0.5) is 0 Å². The minimum Gasteiger partial charge on any atom is -0.337 e. The minimum absolute atomic E-state index is 0.0317. The van der Waals surface area contributed by atoms with Crippen molar-refractivity contribution in [3.63, 3.8) is 0 Å². The number of rotatable bonds is 5. The predicted molar refractivity (Wildman–Crippen MR) is 94.7 cm³/mol. The van der Waals surface area contributed by atoms with Crippen molar-refractivity contribution in [2.45, 2.75) is 20.0 Å². The number of carbonyl (C=O) groups excluding carboxylic acids is 1. The molecule has 0 radical (unpaired) electrons. The van der Waals surface area contributed by atoms with E-state index in [2.05, 4.69) is 9.55 Å². The molecule has 0 aliphatic rings. The van der Waals surface area contributed by atoms with Crippen molar-refractivity contribution in [1.29, 1.82) is 0 Å². The number of aromatic nitrogens is 2. The first-order valence-electron chi connectivity index (χ1n) is 7.99. The first kappa shape index (κ1) is 16.0. The van der Waals surface area contributed by atoms with Crippen LogP contribution in [0, 0.1) is 6.92 Å². The summed E-state index contributed by atoms with van der Waals surface area (Å²) in [5.41, 5.74) is 2.98. The normalized spacial score (nSPS) is 10.6. The maximum absolute atomic E-state index is 12.5. The highest BCUT2D eigenvalue weighted by atomic mass is 16.2. The Morgan fingerprint density at radius 3 is 2.38 bits per heavy atom. The Kier molecular flexibility index (Phi) is 4.75. The van der Waals surface area contributed by atoms with Gasteiger partial charge in [-0.15, -0.1) is 0 Å². The quantitative estimate of drug-likeness (QED) is 0.722. The van der Waals surface area contributed by atoms with Crippen LogP contribution >= 0.6 is 0 Å². The molecule has 3 rings (SSSR count). The standard InChI is InChI=1S/C20H21N3O/c1-16-21-12-13-23(16)15-18-8-10-19(11-9-18)20(24)22(2)14-17-6-4-3-5-7-17/h3-13H,14-15H2,1-2H3. The van der Waals surface area contributed by atoms with Gasteiger partial charge in [0.15, 0.2) is 0 Å². The van der Waals surface area contributed by atoms with E-state index in [9.17, 15) is 4.79 Å². The van der Waals surface area contributed by atoms with Crippen LogP contribution in [0.3, 0.4) is 0 Å². The topological polar surface area (TPSA) is 38.1 Å². The van der Waals surface area contributed by atoms with E-state index < -0.39 is 0 Å². The Labute approximate surface area is 142 Å². The molecule has 4 heteroatoms. The van der Waals surface area contributed by atoms with Gasteiger partial charge in [-0.1, -0.05) is 42.5 Å². The molecule has 0 bridgehead atoms. The van der Waals surface area contributed by atoms with Gasteiger partial charge in [0.05, 0.1) is 0 Å². The van der Waals surface area contributed by atoms with Gasteiger partial charge in [0, 0.05) is 38.1 Å². The van der Waals surface area contributed by atoms with Crippen LogP contribution in [-0.2, 0) is 13.1 Å². The third-order valence-electron chi connectivity index (χ3n) is 4.09. The fourth-order valence-corrected chi connectivity index (χ4v) is 2.67. The van der Waals surface area contributed by atoms with E-state index in [4.69, 9.17) is 0 Å². The van der Waals surface area contributed by atoms with Crippen LogP contribution in [0.25, 0.3) is 0 Å². The zero-order chi connectivity index (χ0) is 16.9. The van der Waals surface area contributed by atoms with E-state index in [1.165, 1.54) is 0 Å². The Morgan fingerprint density at radius 2 is 1.75 bits per heavy atom. The van der Waals surface area contributed by atoms with E-state index in [0.29, 0.717) is 12.1 Å². The average Bonchev–Trinajstić information content (AvgIpc) is 3.00. The molecule has 1 amide bonds. The summed E-state index contributed by atoms with van der Waals surface area (Å²) in [6.45, 7) is 3.35. The van der Waals surface area contributed by atoms with Crippen molar-refractivity contribution < 1.29 is 4.79 Å². The lowest BCUT2D eigenvalue weighted by Crippen LogP contribution is -2.26. The molecular formula is C20H21N3O. The van der Waals surface area contributed by atoms with Gasteiger partial charge in [-0.05, 0) is 30.2 Å². The van der Waals surface area contributed by atoms with Crippen LogP contribution in [0.1, 0.15) is 27.3 Å². The van der Waals surface area contributed by atoms with E-state index in [0.717, 1.165) is 23.5 Å². The number of hydrogen-bond acceptors (Lipinski definition) is 2. The van der Waals surface area contributed by atoms with E-state index >= 15 is 0 Å². The monoisotopic (exact) mass is 319 g/mol. The SMILES string of the molecule is Cc1nccn1Cc1ccc(C(=O)N(C)Cc2ccccc2)cc1. The predicted octanol–water partition coefficient (Wildman–Crippen LogP) is 3.51. The largest absolute Gasteiger partial charge is 0.337 e. The third kappa shape index (κ3) is 3.71. The summed E-state index contributed by atoms with van der Waals surface area (Å²) < 4.78 is 2.08. The van der Waals surface area contributed by atoms with E-state index in [1.807, 2.05) is 74.8 Å². The highest BCUT2D eigenvalue weighted by Crippen LogP contribution is 2.11. The molecule has 0 fully saturated rings. The molecule has 0 aliphatic carbocycles. The second-order valence-electron chi connectivity index (χ2n) is 5.95. The van der Waals surface area contributed by atoms with Gasteiger partial charge in [0.25, 0.3) is 5.91 Å². The van der Waals surface area contributed by atoms with Crippen LogP contribution in [0.2, 0.25) is 0 Å². The van der Waals surface area contributed by atoms with Crippen molar-refractivity contribution >= 4 is 5.91 Å². The highest BCUT2D eigenvalue weighted by Gasteiger charge is 2.12. The Bertz CT molecular complexity index is 806. The van der Waals surface area contributed by atoms with Gasteiger partial charge in [0.1, 0.15) is 5.82 Å². The number of nitrogens with zero attached hydrogens (tertiary/aromatic N) is 3. The van der Waals surface area contributed by atoms with E-state index in [-0.39, 0.29) is 5.91 Å². The van der Waals surface area contributed by atoms with Crippen molar-refractivity contribution in [2.75, 3.05) is 7.05 Å². The van der Waals surface area contributed by atoms with Gasteiger partial charge in [-0.2, -0.15) is 0 Å². The molecule has 0 unspecified atom stereocenters. The molecule has 122 valence electrons. The number of aryl methyl sites for hydroxylation is 1. The molecule has 0 saturated heterocycles. The zero-order valence-corrected chi connectivity index (χ0v) is 14.0. The maximum Gasteiger partial charge on any atom is 0.253 e. The first-order valence-corrected chi connectivity index (χ1v) is 7.99. The molecular weight excluding hydrogens is 298 g/mol. The zero-order valence-electron chi connectivity index (χ0n) is 14.0. The lowest BCUT2D eigenvalue weighted by atomic mass is 10.1. The van der Waals surface area contributed by atoms with Crippen LogP contribution in [-0.4, -0.2) is 27.4 Å². The molecule has 0 spiro atoms. The Balaban J connectivity index is 1.66. The van der Waals surface area contributed by atoms with Gasteiger partial charge < -0.3 is 9.47 Å². The fraction of sp³-hybridized carbons (Fsp3) is 0.200. The Hall–Kier alpha value is -2.88. The maximum atomic E-state index is 12.5. The molecule has 0 saturated carbocycles. The fourth-order valence-electron chi connectivity index (χ4n) is 2.67. The number of carbonyl (C=O) groups is 1. The summed E-state index contributed by atoms with van der Waals surface area (Å²) >= 11 is 0. The van der Waals surface area contributed by atoms with E-state index in [1.54, 1.807) is 11.1 Å². The summed E-state index contributed by atoms with van der Waals surface area (Å²) in [5, 5.41) is 0. The first-order chi connectivity index (χ1) is 11.6. The van der Waals surface area contributed by atoms with Crippen molar-refractivity contribution in [2.24, 2.45) is 0 Å².